The van der Waals surface area contributed by atoms with E-state index in [1.54, 1.807) is 0 Å². The minimum atomic E-state index is 0. The molecule has 1 aromatic rings. The van der Waals surface area contributed by atoms with Crippen molar-refractivity contribution in [1.82, 2.24) is 0 Å². The first-order valence-corrected chi connectivity index (χ1v) is 2.84. The van der Waals surface area contributed by atoms with Crippen molar-refractivity contribution in [3.63, 3.8) is 0 Å². The molecule has 0 bridgehead atoms. The van der Waals surface area contributed by atoms with Crippen LogP contribution >= 0.6 is 0 Å². The molecule has 1 nitrogen and oxygen atoms in total. The Bertz CT molecular complexity index is 135. The molecular formula is C7H10KN. The van der Waals surface area contributed by atoms with E-state index in [0.717, 1.165) is 13.0 Å². The minimum absolute atomic E-state index is 0. The quantitative estimate of drug-likeness (QED) is 0.377. The summed E-state index contributed by atoms with van der Waals surface area (Å²) in [6.07, 6.45) is 1.01. The molecule has 1 aromatic carbocycles. The molecule has 0 radical (unpaired) electrons. The normalized spacial score (nSPS) is 8.56. The Morgan fingerprint density at radius 3 is 2.22 bits per heavy atom. The van der Waals surface area contributed by atoms with Crippen LogP contribution in [0.5, 0.6) is 0 Å². The van der Waals surface area contributed by atoms with Crippen molar-refractivity contribution in [1.29, 1.82) is 0 Å². The molecule has 0 spiro atoms. The SMILES string of the molecule is NCC[c-]1cccc1.[K+]. The molecule has 0 amide bonds. The summed E-state index contributed by atoms with van der Waals surface area (Å²) in [4.78, 5) is 0. The molecule has 0 aliphatic rings. The smallest absolute Gasteiger partial charge is 0.331 e. The molecule has 0 saturated carbocycles. The van der Waals surface area contributed by atoms with E-state index in [4.69, 9.17) is 5.73 Å². The van der Waals surface area contributed by atoms with Crippen LogP contribution in [-0.2, 0) is 6.42 Å². The maximum Gasteiger partial charge on any atom is 1.00 e. The Balaban J connectivity index is 0.000000640. The average Bonchev–Trinajstić information content (AvgIpc) is 2.19. The third-order valence-electron chi connectivity index (χ3n) is 1.16. The predicted molar refractivity (Wildman–Crippen MR) is 34.8 cm³/mol. The molecule has 0 heterocycles. The van der Waals surface area contributed by atoms with Gasteiger partial charge in [-0.05, 0) is 6.54 Å². The summed E-state index contributed by atoms with van der Waals surface area (Å²) in [6, 6.07) is 8.25. The van der Waals surface area contributed by atoms with Gasteiger partial charge in [-0.3, -0.25) is 0 Å². The third kappa shape index (κ3) is 3.60. The van der Waals surface area contributed by atoms with E-state index in [9.17, 15) is 0 Å². The van der Waals surface area contributed by atoms with Crippen molar-refractivity contribution in [2.45, 2.75) is 6.42 Å². The molecular weight excluding hydrogens is 137 g/mol. The number of hydrogen-bond donors (Lipinski definition) is 1. The van der Waals surface area contributed by atoms with Crippen molar-refractivity contribution in [3.05, 3.63) is 29.8 Å². The fraction of sp³-hybridized carbons (Fsp3) is 0.286. The molecule has 0 fully saturated rings. The zero-order valence-electron chi connectivity index (χ0n) is 5.80. The van der Waals surface area contributed by atoms with Gasteiger partial charge in [-0.2, -0.15) is 17.7 Å². The van der Waals surface area contributed by atoms with Crippen molar-refractivity contribution in [3.8, 4) is 0 Å². The Labute approximate surface area is 98.4 Å². The van der Waals surface area contributed by atoms with Gasteiger partial charge in [-0.25, -0.2) is 12.1 Å². The number of hydrogen-bond acceptors (Lipinski definition) is 1. The van der Waals surface area contributed by atoms with Crippen LogP contribution in [0.1, 0.15) is 5.56 Å². The van der Waals surface area contributed by atoms with Crippen LogP contribution in [0.3, 0.4) is 0 Å². The Morgan fingerprint density at radius 2 is 1.78 bits per heavy atom. The molecule has 0 atom stereocenters. The van der Waals surface area contributed by atoms with Crippen molar-refractivity contribution >= 4 is 0 Å². The van der Waals surface area contributed by atoms with Crippen molar-refractivity contribution in [2.75, 3.05) is 6.54 Å². The molecule has 0 aliphatic carbocycles. The van der Waals surface area contributed by atoms with E-state index in [-0.39, 0.29) is 51.4 Å². The minimum Gasteiger partial charge on any atom is -0.331 e. The van der Waals surface area contributed by atoms with Gasteiger partial charge in [0.1, 0.15) is 0 Å². The Kier molecular flexibility index (Phi) is 6.31. The summed E-state index contributed by atoms with van der Waals surface area (Å²) in [7, 11) is 0. The molecule has 0 aromatic heterocycles. The van der Waals surface area contributed by atoms with Gasteiger partial charge in [0.15, 0.2) is 0 Å². The Morgan fingerprint density at radius 1 is 1.22 bits per heavy atom. The Hall–Kier alpha value is 0.946. The van der Waals surface area contributed by atoms with Crippen molar-refractivity contribution in [2.24, 2.45) is 5.73 Å². The van der Waals surface area contributed by atoms with E-state index in [2.05, 4.69) is 12.1 Å². The van der Waals surface area contributed by atoms with E-state index in [0.29, 0.717) is 0 Å². The van der Waals surface area contributed by atoms with Crippen LogP contribution in [0.4, 0.5) is 0 Å². The summed E-state index contributed by atoms with van der Waals surface area (Å²) in [5.41, 5.74) is 6.66. The van der Waals surface area contributed by atoms with Gasteiger partial charge >= 0.3 is 51.4 Å². The zero-order valence-corrected chi connectivity index (χ0v) is 8.92. The maximum absolute atomic E-state index is 5.32. The van der Waals surface area contributed by atoms with Gasteiger partial charge in [0.25, 0.3) is 0 Å². The molecule has 0 saturated heterocycles. The third-order valence-corrected chi connectivity index (χ3v) is 1.16. The second kappa shape index (κ2) is 5.71. The van der Waals surface area contributed by atoms with Crippen LogP contribution in [0.25, 0.3) is 0 Å². The van der Waals surface area contributed by atoms with Crippen molar-refractivity contribution < 1.29 is 51.4 Å². The predicted octanol–water partition coefficient (Wildman–Crippen LogP) is -2.09. The first kappa shape index (κ1) is 9.95. The zero-order chi connectivity index (χ0) is 5.82. The fourth-order valence-electron chi connectivity index (χ4n) is 0.747. The molecule has 9 heavy (non-hydrogen) atoms. The first-order chi connectivity index (χ1) is 3.93. The van der Waals surface area contributed by atoms with Crippen LogP contribution in [-0.4, -0.2) is 6.54 Å². The van der Waals surface area contributed by atoms with Gasteiger partial charge in [-0.15, -0.1) is 0 Å². The summed E-state index contributed by atoms with van der Waals surface area (Å²) < 4.78 is 0. The average molecular weight is 147 g/mol. The molecule has 2 heteroatoms. The van der Waals surface area contributed by atoms with Gasteiger partial charge in [0.2, 0.25) is 0 Å². The fourth-order valence-corrected chi connectivity index (χ4v) is 0.747. The van der Waals surface area contributed by atoms with Crippen LogP contribution < -0.4 is 57.1 Å². The summed E-state index contributed by atoms with van der Waals surface area (Å²) >= 11 is 0. The topological polar surface area (TPSA) is 26.0 Å². The van der Waals surface area contributed by atoms with Crippen LogP contribution in [0, 0.1) is 0 Å². The second-order valence-electron chi connectivity index (χ2n) is 1.83. The van der Waals surface area contributed by atoms with E-state index < -0.39 is 0 Å². The van der Waals surface area contributed by atoms with Gasteiger partial charge < -0.3 is 5.73 Å². The van der Waals surface area contributed by atoms with E-state index in [1.807, 2.05) is 12.1 Å². The summed E-state index contributed by atoms with van der Waals surface area (Å²) in [6.45, 7) is 0.754. The monoisotopic (exact) mass is 147 g/mol. The summed E-state index contributed by atoms with van der Waals surface area (Å²) in [5.74, 6) is 0. The standard InChI is InChI=1S/C7H10N.K/c8-6-5-7-3-1-2-4-7;/h1-4H,5-6,8H2;/q-1;+1. The molecule has 1 rings (SSSR count). The second-order valence-corrected chi connectivity index (χ2v) is 1.83. The largest absolute Gasteiger partial charge is 1.00 e. The molecule has 44 valence electrons. The first-order valence-electron chi connectivity index (χ1n) is 2.84. The van der Waals surface area contributed by atoms with Crippen LogP contribution in [0.15, 0.2) is 24.3 Å². The van der Waals surface area contributed by atoms with E-state index in [1.165, 1.54) is 5.56 Å². The van der Waals surface area contributed by atoms with Gasteiger partial charge in [-0.1, -0.05) is 6.42 Å². The van der Waals surface area contributed by atoms with Gasteiger partial charge in [0.05, 0.1) is 0 Å². The number of rotatable bonds is 2. The number of nitrogens with two attached hydrogens (primary N) is 1. The summed E-state index contributed by atoms with van der Waals surface area (Å²) in [5, 5.41) is 0. The van der Waals surface area contributed by atoms with E-state index >= 15 is 0 Å². The van der Waals surface area contributed by atoms with Gasteiger partial charge in [0, 0.05) is 0 Å². The molecule has 0 aliphatic heterocycles. The van der Waals surface area contributed by atoms with Crippen LogP contribution in [0.2, 0.25) is 0 Å². The molecule has 0 unspecified atom stereocenters. The molecule has 2 N–H and O–H groups in total. The maximum atomic E-state index is 5.32.